The fourth-order valence-electron chi connectivity index (χ4n) is 0.860. The summed E-state index contributed by atoms with van der Waals surface area (Å²) in [6.07, 6.45) is -1.08. The van der Waals surface area contributed by atoms with Crippen molar-refractivity contribution in [2.45, 2.75) is 25.1 Å². The third kappa shape index (κ3) is 3.15. The Kier molecular flexibility index (Phi) is 5.47. The summed E-state index contributed by atoms with van der Waals surface area (Å²) >= 11 is 0. The fraction of sp³-hybridized carbons (Fsp3) is 0.750. The second-order valence-electron chi connectivity index (χ2n) is 3.02. The first-order valence-corrected chi connectivity index (χ1v) is 4.25. The van der Waals surface area contributed by atoms with Gasteiger partial charge in [-0.05, 0) is 14.0 Å². The van der Waals surface area contributed by atoms with Gasteiger partial charge in [-0.1, -0.05) is 0 Å². The zero-order chi connectivity index (χ0) is 11.3. The van der Waals surface area contributed by atoms with Gasteiger partial charge in [0.1, 0.15) is 0 Å². The molecule has 0 aromatic carbocycles. The molecule has 82 valence electrons. The molecule has 0 spiro atoms. The highest BCUT2D eigenvalue weighted by molar-refractivity contribution is 6.41. The number of hydrogen-bond acceptors (Lipinski definition) is 6. The van der Waals surface area contributed by atoms with E-state index in [1.54, 1.807) is 0 Å². The number of carbonyl (C=O) groups is 2. The Morgan fingerprint density at radius 3 is 2.21 bits per heavy atom. The first-order valence-electron chi connectivity index (χ1n) is 4.25. The summed E-state index contributed by atoms with van der Waals surface area (Å²) in [6.45, 7) is 0.844. The molecule has 0 heterocycles. The van der Waals surface area contributed by atoms with Crippen LogP contribution in [0.15, 0.2) is 0 Å². The molecule has 0 aliphatic carbocycles. The molecule has 6 nitrogen and oxygen atoms in total. The highest BCUT2D eigenvalue weighted by Gasteiger charge is 2.30. The predicted octanol–water partition coefficient (Wildman–Crippen LogP) is -2.59. The number of ketones is 2. The Balaban J connectivity index is 4.45. The zero-order valence-electron chi connectivity index (χ0n) is 8.23. The van der Waals surface area contributed by atoms with Gasteiger partial charge in [-0.2, -0.15) is 0 Å². The maximum Gasteiger partial charge on any atom is 0.219 e. The van der Waals surface area contributed by atoms with E-state index in [2.05, 4.69) is 5.32 Å². The van der Waals surface area contributed by atoms with Crippen LogP contribution in [-0.2, 0) is 9.59 Å². The molecule has 0 saturated heterocycles. The van der Waals surface area contributed by atoms with Gasteiger partial charge >= 0.3 is 0 Å². The van der Waals surface area contributed by atoms with Crippen LogP contribution in [0.3, 0.4) is 0 Å². The van der Waals surface area contributed by atoms with Gasteiger partial charge in [0.05, 0.1) is 24.8 Å². The largest absolute Gasteiger partial charge is 0.394 e. The Morgan fingerprint density at radius 2 is 1.93 bits per heavy atom. The smallest absolute Gasteiger partial charge is 0.219 e. The van der Waals surface area contributed by atoms with Gasteiger partial charge in [0.2, 0.25) is 11.6 Å². The van der Waals surface area contributed by atoms with Crippen molar-refractivity contribution in [2.24, 2.45) is 5.73 Å². The number of nitrogens with two attached hydrogens (primary N) is 1. The van der Waals surface area contributed by atoms with Crippen LogP contribution in [0.1, 0.15) is 6.92 Å². The maximum absolute atomic E-state index is 11.3. The highest BCUT2D eigenvalue weighted by Crippen LogP contribution is 1.95. The van der Waals surface area contributed by atoms with Gasteiger partial charge < -0.3 is 21.3 Å². The summed E-state index contributed by atoms with van der Waals surface area (Å²) < 4.78 is 0. The minimum Gasteiger partial charge on any atom is -0.394 e. The second kappa shape index (κ2) is 5.82. The van der Waals surface area contributed by atoms with Crippen LogP contribution in [0.4, 0.5) is 0 Å². The number of aliphatic hydroxyl groups excluding tert-OH is 2. The van der Waals surface area contributed by atoms with Gasteiger partial charge in [0.15, 0.2) is 0 Å². The molecular weight excluding hydrogens is 188 g/mol. The Bertz CT molecular complexity index is 201. The lowest BCUT2D eigenvalue weighted by molar-refractivity contribution is -0.140. The molecule has 0 saturated carbocycles. The molecular formula is C8H16N2O4. The van der Waals surface area contributed by atoms with E-state index in [-0.39, 0.29) is 0 Å². The first kappa shape index (κ1) is 13.2. The molecule has 5 N–H and O–H groups in total. The van der Waals surface area contributed by atoms with Gasteiger partial charge in [0, 0.05) is 0 Å². The lowest BCUT2D eigenvalue weighted by atomic mass is 10.0. The fourth-order valence-corrected chi connectivity index (χ4v) is 0.860. The van der Waals surface area contributed by atoms with Crippen LogP contribution in [0.25, 0.3) is 0 Å². The van der Waals surface area contributed by atoms with Crippen molar-refractivity contribution < 1.29 is 19.8 Å². The number of rotatable bonds is 6. The Labute approximate surface area is 82.1 Å². The van der Waals surface area contributed by atoms with Gasteiger partial charge in [-0.15, -0.1) is 0 Å². The van der Waals surface area contributed by atoms with Crippen molar-refractivity contribution in [3.63, 3.8) is 0 Å². The molecule has 0 amide bonds. The van der Waals surface area contributed by atoms with Crippen LogP contribution in [0, 0.1) is 0 Å². The van der Waals surface area contributed by atoms with Gasteiger partial charge in [0.25, 0.3) is 0 Å². The summed E-state index contributed by atoms with van der Waals surface area (Å²) in [4.78, 5) is 22.5. The van der Waals surface area contributed by atoms with Crippen LogP contribution in [0.2, 0.25) is 0 Å². The molecule has 0 aromatic rings. The second-order valence-corrected chi connectivity index (χ2v) is 3.02. The minimum absolute atomic E-state index is 0.479. The van der Waals surface area contributed by atoms with E-state index in [1.807, 2.05) is 0 Å². The Hall–Kier alpha value is -0.820. The van der Waals surface area contributed by atoms with Crippen LogP contribution in [0.5, 0.6) is 0 Å². The molecule has 6 heteroatoms. The molecule has 0 radical (unpaired) electrons. The number of Topliss-reactive ketones (excluding diaryl/α,β-unsaturated/α-hetero) is 2. The summed E-state index contributed by atoms with van der Waals surface area (Å²) in [5, 5.41) is 20.2. The quantitative estimate of drug-likeness (QED) is 0.353. The highest BCUT2D eigenvalue weighted by atomic mass is 16.3. The normalized spacial score (nSPS) is 17.2. The monoisotopic (exact) mass is 204 g/mol. The van der Waals surface area contributed by atoms with Crippen molar-refractivity contribution in [1.29, 1.82) is 0 Å². The van der Waals surface area contributed by atoms with E-state index in [1.165, 1.54) is 14.0 Å². The van der Waals surface area contributed by atoms with Crippen molar-refractivity contribution >= 4 is 11.6 Å². The Morgan fingerprint density at radius 1 is 1.43 bits per heavy atom. The van der Waals surface area contributed by atoms with E-state index in [0.29, 0.717) is 0 Å². The lowest BCUT2D eigenvalue weighted by Crippen LogP contribution is -2.50. The third-order valence-electron chi connectivity index (χ3n) is 1.91. The number of aliphatic hydroxyl groups is 2. The van der Waals surface area contributed by atoms with E-state index < -0.39 is 36.4 Å². The number of hydrogen-bond donors (Lipinski definition) is 4. The molecule has 0 aromatic heterocycles. The van der Waals surface area contributed by atoms with Crippen molar-refractivity contribution in [3.05, 3.63) is 0 Å². The lowest BCUT2D eigenvalue weighted by Gasteiger charge is -2.16. The molecule has 0 rings (SSSR count). The van der Waals surface area contributed by atoms with Crippen molar-refractivity contribution in [1.82, 2.24) is 5.32 Å². The van der Waals surface area contributed by atoms with E-state index in [4.69, 9.17) is 15.9 Å². The maximum atomic E-state index is 11.3. The summed E-state index contributed by atoms with van der Waals surface area (Å²) in [7, 11) is 1.44. The van der Waals surface area contributed by atoms with Crippen LogP contribution in [-0.4, -0.2) is 53.6 Å². The molecule has 0 fully saturated rings. The van der Waals surface area contributed by atoms with Crippen molar-refractivity contribution in [2.75, 3.05) is 13.7 Å². The van der Waals surface area contributed by atoms with Crippen molar-refractivity contribution in [3.8, 4) is 0 Å². The minimum atomic E-state index is -1.23. The topological polar surface area (TPSA) is 113 Å². The number of carbonyl (C=O) groups excluding carboxylic acids is 2. The standard InChI is InChI=1S/C8H16N2O4/c1-4(12)6(9)8(14)7(13)5(3-11)10-2/h4-6,10-12H,3,9H2,1-2H3/t4?,5-,6?/m0/s1. The zero-order valence-corrected chi connectivity index (χ0v) is 8.23. The molecule has 0 bridgehead atoms. The molecule has 3 atom stereocenters. The average Bonchev–Trinajstić information content (AvgIpc) is 2.17. The van der Waals surface area contributed by atoms with Crippen LogP contribution < -0.4 is 11.1 Å². The molecule has 0 aliphatic rings. The average molecular weight is 204 g/mol. The van der Waals surface area contributed by atoms with Crippen LogP contribution >= 0.6 is 0 Å². The van der Waals surface area contributed by atoms with Gasteiger partial charge in [-0.25, -0.2) is 0 Å². The summed E-state index contributed by atoms with van der Waals surface area (Å²) in [5.74, 6) is -1.70. The molecule has 0 aliphatic heterocycles. The van der Waals surface area contributed by atoms with E-state index in [0.717, 1.165) is 0 Å². The van der Waals surface area contributed by atoms with Gasteiger partial charge in [-0.3, -0.25) is 9.59 Å². The summed E-state index contributed by atoms with van der Waals surface area (Å²) in [5.41, 5.74) is 5.28. The molecule has 14 heavy (non-hydrogen) atoms. The number of likely N-dealkylation sites (N-methyl/N-ethyl adjacent to an activating group) is 1. The third-order valence-corrected chi connectivity index (χ3v) is 1.91. The number of nitrogens with one attached hydrogen (secondary N) is 1. The molecule has 2 unspecified atom stereocenters. The summed E-state index contributed by atoms with van der Waals surface area (Å²) in [6, 6.07) is -2.18. The van der Waals surface area contributed by atoms with E-state index in [9.17, 15) is 9.59 Å². The van der Waals surface area contributed by atoms with E-state index >= 15 is 0 Å². The SMILES string of the molecule is CN[C@@H](CO)C(=O)C(=O)C(N)C(C)O. The first-order chi connectivity index (χ1) is 6.45. The predicted molar refractivity (Wildman–Crippen MR) is 49.6 cm³/mol.